The van der Waals surface area contributed by atoms with Gasteiger partial charge >= 0.3 is 0 Å². The van der Waals surface area contributed by atoms with Crippen LogP contribution in [0.2, 0.25) is 0 Å². The Hall–Kier alpha value is -1.42. The number of benzene rings is 1. The van der Waals surface area contributed by atoms with Gasteiger partial charge in [-0.25, -0.2) is 0 Å². The Morgan fingerprint density at radius 2 is 2.18 bits per heavy atom. The first-order valence-electron chi connectivity index (χ1n) is 5.46. The zero-order chi connectivity index (χ0) is 12.4. The molecule has 0 unspecified atom stereocenters. The van der Waals surface area contributed by atoms with E-state index in [1.54, 1.807) is 16.9 Å². The van der Waals surface area contributed by atoms with Crippen LogP contribution in [0.3, 0.4) is 0 Å². The van der Waals surface area contributed by atoms with Gasteiger partial charge < -0.3 is 0 Å². The van der Waals surface area contributed by atoms with Crippen LogP contribution in [-0.4, -0.2) is 15.6 Å². The molecule has 1 aromatic heterocycles. The van der Waals surface area contributed by atoms with Gasteiger partial charge in [-0.1, -0.05) is 15.9 Å². The van der Waals surface area contributed by atoms with Gasteiger partial charge in [0.2, 0.25) is 5.78 Å². The van der Waals surface area contributed by atoms with Crippen molar-refractivity contribution < 1.29 is 4.79 Å². The van der Waals surface area contributed by atoms with Crippen LogP contribution in [0.1, 0.15) is 28.5 Å². The first kappa shape index (κ1) is 12.0. The van der Waals surface area contributed by atoms with E-state index < -0.39 is 0 Å². The average molecular weight is 293 g/mol. The summed E-state index contributed by atoms with van der Waals surface area (Å²) in [4.78, 5) is 12.3. The summed E-state index contributed by atoms with van der Waals surface area (Å²) in [5, 5.41) is 4.11. The molecule has 0 saturated heterocycles. The van der Waals surface area contributed by atoms with E-state index in [4.69, 9.17) is 0 Å². The third-order valence-electron chi connectivity index (χ3n) is 2.67. The van der Waals surface area contributed by atoms with Crippen molar-refractivity contribution >= 4 is 21.7 Å². The van der Waals surface area contributed by atoms with E-state index in [9.17, 15) is 4.79 Å². The third kappa shape index (κ3) is 2.31. The fraction of sp³-hybridized carbons (Fsp3) is 0.231. The first-order chi connectivity index (χ1) is 8.13. The molecule has 3 nitrogen and oxygen atoms in total. The Balaban J connectivity index is 2.40. The minimum absolute atomic E-state index is 0.0138. The van der Waals surface area contributed by atoms with Crippen molar-refractivity contribution in [2.24, 2.45) is 0 Å². The molecule has 17 heavy (non-hydrogen) atoms. The molecular weight excluding hydrogens is 280 g/mol. The van der Waals surface area contributed by atoms with E-state index in [0.29, 0.717) is 17.8 Å². The quantitative estimate of drug-likeness (QED) is 0.814. The van der Waals surface area contributed by atoms with Crippen LogP contribution in [0.15, 0.2) is 34.9 Å². The number of aromatic nitrogens is 2. The molecule has 1 aromatic carbocycles. The van der Waals surface area contributed by atoms with E-state index in [2.05, 4.69) is 21.0 Å². The molecule has 0 fully saturated rings. The number of nitrogens with zero attached hydrogens (tertiary/aromatic N) is 2. The van der Waals surface area contributed by atoms with Gasteiger partial charge in [0.25, 0.3) is 0 Å². The molecule has 0 radical (unpaired) electrons. The molecule has 0 bridgehead atoms. The Labute approximate surface area is 109 Å². The van der Waals surface area contributed by atoms with Crippen molar-refractivity contribution in [3.63, 3.8) is 0 Å². The van der Waals surface area contributed by atoms with Crippen LogP contribution >= 0.6 is 15.9 Å². The molecule has 0 aliphatic carbocycles. The van der Waals surface area contributed by atoms with Crippen molar-refractivity contribution in [3.05, 3.63) is 51.8 Å². The smallest absolute Gasteiger partial charge is 0.211 e. The number of hydrogen-bond donors (Lipinski definition) is 0. The topological polar surface area (TPSA) is 34.9 Å². The van der Waals surface area contributed by atoms with Crippen LogP contribution in [0.4, 0.5) is 0 Å². The number of carbonyl (C=O) groups excluding carboxylic acids is 1. The summed E-state index contributed by atoms with van der Waals surface area (Å²) in [5.41, 5.74) is 2.38. The van der Waals surface area contributed by atoms with Crippen molar-refractivity contribution in [3.8, 4) is 0 Å². The predicted molar refractivity (Wildman–Crippen MR) is 70.2 cm³/mol. The lowest BCUT2D eigenvalue weighted by molar-refractivity contribution is 0.102. The zero-order valence-electron chi connectivity index (χ0n) is 9.77. The normalized spacial score (nSPS) is 10.5. The van der Waals surface area contributed by atoms with Crippen molar-refractivity contribution in [2.45, 2.75) is 20.4 Å². The molecule has 0 amide bonds. The van der Waals surface area contributed by atoms with E-state index in [0.717, 1.165) is 10.0 Å². The number of aryl methyl sites for hydroxylation is 2. The fourth-order valence-electron chi connectivity index (χ4n) is 1.71. The maximum atomic E-state index is 12.3. The molecule has 4 heteroatoms. The number of hydrogen-bond acceptors (Lipinski definition) is 2. The number of ketones is 1. The minimum Gasteiger partial charge on any atom is -0.287 e. The lowest BCUT2D eigenvalue weighted by atomic mass is 10.1. The lowest BCUT2D eigenvalue weighted by Gasteiger charge is -2.05. The maximum absolute atomic E-state index is 12.3. The molecule has 1 heterocycles. The summed E-state index contributed by atoms with van der Waals surface area (Å²) in [5.74, 6) is 0.0138. The number of carbonyl (C=O) groups is 1. The molecule has 0 aliphatic heterocycles. The summed E-state index contributed by atoms with van der Waals surface area (Å²) in [6.45, 7) is 4.64. The van der Waals surface area contributed by atoms with Gasteiger partial charge in [-0.05, 0) is 43.7 Å². The summed E-state index contributed by atoms with van der Waals surface area (Å²) in [7, 11) is 0. The molecule has 0 atom stereocenters. The van der Waals surface area contributed by atoms with E-state index in [1.807, 2.05) is 32.0 Å². The Kier molecular flexibility index (Phi) is 3.43. The lowest BCUT2D eigenvalue weighted by Crippen LogP contribution is -2.10. The molecule has 0 N–H and O–H groups in total. The molecule has 88 valence electrons. The van der Waals surface area contributed by atoms with Gasteiger partial charge in [-0.3, -0.25) is 9.48 Å². The highest BCUT2D eigenvalue weighted by Crippen LogP contribution is 2.19. The third-order valence-corrected chi connectivity index (χ3v) is 3.56. The van der Waals surface area contributed by atoms with Crippen LogP contribution in [-0.2, 0) is 6.54 Å². The summed E-state index contributed by atoms with van der Waals surface area (Å²) in [6, 6.07) is 7.37. The van der Waals surface area contributed by atoms with Gasteiger partial charge in [0.05, 0.1) is 0 Å². The SMILES string of the molecule is CCn1nccc1C(=O)c1ccc(Br)c(C)c1. The predicted octanol–water partition coefficient (Wildman–Crippen LogP) is 3.20. The Bertz CT molecular complexity index is 560. The first-order valence-corrected chi connectivity index (χ1v) is 6.25. The second kappa shape index (κ2) is 4.84. The summed E-state index contributed by atoms with van der Waals surface area (Å²) < 4.78 is 2.72. The monoisotopic (exact) mass is 292 g/mol. The van der Waals surface area contributed by atoms with Crippen molar-refractivity contribution in [2.75, 3.05) is 0 Å². The molecule has 2 rings (SSSR count). The Morgan fingerprint density at radius 3 is 2.82 bits per heavy atom. The van der Waals surface area contributed by atoms with E-state index in [1.165, 1.54) is 0 Å². The van der Waals surface area contributed by atoms with Crippen LogP contribution in [0.5, 0.6) is 0 Å². The number of rotatable bonds is 3. The fourth-order valence-corrected chi connectivity index (χ4v) is 1.96. The molecule has 0 aliphatic rings. The van der Waals surface area contributed by atoms with E-state index >= 15 is 0 Å². The molecule has 0 saturated carbocycles. The Morgan fingerprint density at radius 1 is 1.41 bits per heavy atom. The molecule has 0 spiro atoms. The second-order valence-corrected chi connectivity index (χ2v) is 4.68. The van der Waals surface area contributed by atoms with Gasteiger partial charge in [0.1, 0.15) is 5.69 Å². The second-order valence-electron chi connectivity index (χ2n) is 3.83. The molecular formula is C13H13BrN2O. The van der Waals surface area contributed by atoms with Crippen LogP contribution in [0.25, 0.3) is 0 Å². The molecule has 2 aromatic rings. The summed E-state index contributed by atoms with van der Waals surface area (Å²) >= 11 is 3.43. The average Bonchev–Trinajstić information content (AvgIpc) is 2.80. The van der Waals surface area contributed by atoms with Gasteiger partial charge in [-0.2, -0.15) is 5.10 Å². The van der Waals surface area contributed by atoms with Crippen LogP contribution < -0.4 is 0 Å². The van der Waals surface area contributed by atoms with E-state index in [-0.39, 0.29) is 5.78 Å². The van der Waals surface area contributed by atoms with Gasteiger partial charge in [0.15, 0.2) is 0 Å². The standard InChI is InChI=1S/C13H13BrN2O/c1-3-16-12(6-7-15-16)13(17)10-4-5-11(14)9(2)8-10/h4-8H,3H2,1-2H3. The zero-order valence-corrected chi connectivity index (χ0v) is 11.4. The van der Waals surface area contributed by atoms with Crippen molar-refractivity contribution in [1.82, 2.24) is 9.78 Å². The highest BCUT2D eigenvalue weighted by atomic mass is 79.9. The van der Waals surface area contributed by atoms with Gasteiger partial charge in [-0.15, -0.1) is 0 Å². The van der Waals surface area contributed by atoms with Gasteiger partial charge in [0, 0.05) is 22.8 Å². The summed E-state index contributed by atoms with van der Waals surface area (Å²) in [6.07, 6.45) is 1.66. The number of halogens is 1. The maximum Gasteiger partial charge on any atom is 0.211 e. The highest BCUT2D eigenvalue weighted by molar-refractivity contribution is 9.10. The largest absolute Gasteiger partial charge is 0.287 e. The minimum atomic E-state index is 0.0138. The highest BCUT2D eigenvalue weighted by Gasteiger charge is 2.14. The van der Waals surface area contributed by atoms with Crippen molar-refractivity contribution in [1.29, 1.82) is 0 Å². The van der Waals surface area contributed by atoms with Crippen LogP contribution in [0, 0.1) is 6.92 Å².